The van der Waals surface area contributed by atoms with Crippen LogP contribution in [0.5, 0.6) is 5.75 Å². The van der Waals surface area contributed by atoms with E-state index in [1.54, 1.807) is 19.5 Å². The van der Waals surface area contributed by atoms with Crippen molar-refractivity contribution >= 4 is 6.03 Å². The van der Waals surface area contributed by atoms with Gasteiger partial charge in [-0.25, -0.2) is 4.79 Å². The van der Waals surface area contributed by atoms with Crippen LogP contribution in [0.25, 0.3) is 0 Å². The first kappa shape index (κ1) is 20.1. The van der Waals surface area contributed by atoms with Gasteiger partial charge in [0.25, 0.3) is 0 Å². The lowest BCUT2D eigenvalue weighted by Gasteiger charge is -2.25. The van der Waals surface area contributed by atoms with Gasteiger partial charge in [-0.05, 0) is 68.2 Å². The van der Waals surface area contributed by atoms with Crippen molar-refractivity contribution in [3.8, 4) is 5.75 Å². The summed E-state index contributed by atoms with van der Waals surface area (Å²) >= 11 is 0. The minimum atomic E-state index is -0.0340. The van der Waals surface area contributed by atoms with Gasteiger partial charge in [0.05, 0.1) is 7.11 Å². The normalized spacial score (nSPS) is 16.7. The molecule has 1 N–H and O–H groups in total. The van der Waals surface area contributed by atoms with E-state index in [4.69, 9.17) is 4.74 Å². The molecule has 6 nitrogen and oxygen atoms in total. The standard InChI is InChI=1S/C22H30N4O2/c1-25-15-3-4-20(25)11-14-24-22(27)26(17-19-9-12-23-13-10-19)16-18-5-7-21(28-2)8-6-18/h5-10,12-13,20H,3-4,11,14-17H2,1-2H3,(H,24,27). The number of amides is 2. The lowest BCUT2D eigenvalue weighted by Crippen LogP contribution is -2.40. The first-order valence-corrected chi connectivity index (χ1v) is 9.90. The monoisotopic (exact) mass is 382 g/mol. The molecule has 2 aromatic rings. The highest BCUT2D eigenvalue weighted by Crippen LogP contribution is 2.18. The van der Waals surface area contributed by atoms with Crippen molar-refractivity contribution in [2.75, 3.05) is 27.2 Å². The third-order valence-electron chi connectivity index (χ3n) is 5.37. The lowest BCUT2D eigenvalue weighted by molar-refractivity contribution is 0.190. The average molecular weight is 383 g/mol. The van der Waals surface area contributed by atoms with Crippen LogP contribution in [-0.2, 0) is 13.1 Å². The molecule has 1 aliphatic heterocycles. The Kier molecular flexibility index (Phi) is 7.25. The van der Waals surface area contributed by atoms with E-state index in [2.05, 4.69) is 22.2 Å². The van der Waals surface area contributed by atoms with Gasteiger partial charge in [-0.3, -0.25) is 4.98 Å². The van der Waals surface area contributed by atoms with Gasteiger partial charge in [0.15, 0.2) is 0 Å². The number of likely N-dealkylation sites (tertiary alicyclic amines) is 1. The van der Waals surface area contributed by atoms with E-state index in [-0.39, 0.29) is 6.03 Å². The Morgan fingerprint density at radius 3 is 2.46 bits per heavy atom. The highest BCUT2D eigenvalue weighted by atomic mass is 16.5. The molecule has 2 heterocycles. The van der Waals surface area contributed by atoms with Crippen LogP contribution in [0.4, 0.5) is 4.79 Å². The highest BCUT2D eigenvalue weighted by molar-refractivity contribution is 5.74. The summed E-state index contributed by atoms with van der Waals surface area (Å²) in [5.41, 5.74) is 2.13. The topological polar surface area (TPSA) is 57.7 Å². The molecule has 2 amide bonds. The third-order valence-corrected chi connectivity index (χ3v) is 5.37. The Bertz CT molecular complexity index is 736. The van der Waals surface area contributed by atoms with Crippen LogP contribution in [-0.4, -0.2) is 54.1 Å². The van der Waals surface area contributed by atoms with Crippen LogP contribution < -0.4 is 10.1 Å². The molecule has 0 spiro atoms. The van der Waals surface area contributed by atoms with Crippen LogP contribution in [0.1, 0.15) is 30.4 Å². The largest absolute Gasteiger partial charge is 0.497 e. The summed E-state index contributed by atoms with van der Waals surface area (Å²) in [5, 5.41) is 3.11. The van der Waals surface area contributed by atoms with Crippen LogP contribution in [0.3, 0.4) is 0 Å². The van der Waals surface area contributed by atoms with E-state index >= 15 is 0 Å². The fourth-order valence-corrected chi connectivity index (χ4v) is 3.66. The van der Waals surface area contributed by atoms with E-state index < -0.39 is 0 Å². The van der Waals surface area contributed by atoms with Crippen LogP contribution >= 0.6 is 0 Å². The van der Waals surface area contributed by atoms with Crippen molar-refractivity contribution in [1.82, 2.24) is 20.1 Å². The number of benzene rings is 1. The molecule has 3 rings (SSSR count). The molecule has 1 atom stereocenters. The minimum Gasteiger partial charge on any atom is -0.497 e. The first-order chi connectivity index (χ1) is 13.7. The van der Waals surface area contributed by atoms with E-state index in [0.717, 1.165) is 29.8 Å². The molecule has 0 radical (unpaired) electrons. The number of rotatable bonds is 8. The number of carbonyl (C=O) groups is 1. The molecule has 1 fully saturated rings. The number of hydrogen-bond donors (Lipinski definition) is 1. The second-order valence-electron chi connectivity index (χ2n) is 7.36. The molecule has 1 saturated heterocycles. The maximum absolute atomic E-state index is 12.9. The molecule has 0 bridgehead atoms. The molecule has 1 aromatic carbocycles. The molecule has 1 aliphatic rings. The van der Waals surface area contributed by atoms with Gasteiger partial charge in [-0.2, -0.15) is 0 Å². The molecular weight excluding hydrogens is 352 g/mol. The summed E-state index contributed by atoms with van der Waals surface area (Å²) in [5.74, 6) is 0.814. The Morgan fingerprint density at radius 2 is 1.86 bits per heavy atom. The zero-order valence-corrected chi connectivity index (χ0v) is 16.8. The fraction of sp³-hybridized carbons (Fsp3) is 0.455. The van der Waals surface area contributed by atoms with E-state index in [1.165, 1.54) is 12.8 Å². The smallest absolute Gasteiger partial charge is 0.318 e. The third kappa shape index (κ3) is 5.70. The van der Waals surface area contributed by atoms with Crippen molar-refractivity contribution in [1.29, 1.82) is 0 Å². The van der Waals surface area contributed by atoms with Gasteiger partial charge in [0, 0.05) is 38.1 Å². The fourth-order valence-electron chi connectivity index (χ4n) is 3.66. The summed E-state index contributed by atoms with van der Waals surface area (Å²) in [6.45, 7) is 2.94. The van der Waals surface area contributed by atoms with E-state index in [0.29, 0.717) is 25.7 Å². The molecule has 28 heavy (non-hydrogen) atoms. The number of ether oxygens (including phenoxy) is 1. The number of nitrogens with one attached hydrogen (secondary N) is 1. The predicted molar refractivity (Wildman–Crippen MR) is 110 cm³/mol. The number of urea groups is 1. The van der Waals surface area contributed by atoms with Crippen molar-refractivity contribution in [3.05, 3.63) is 59.9 Å². The molecule has 0 aliphatic carbocycles. The molecule has 1 unspecified atom stereocenters. The van der Waals surface area contributed by atoms with Gasteiger partial charge < -0.3 is 19.9 Å². The molecule has 0 saturated carbocycles. The summed E-state index contributed by atoms with van der Waals surface area (Å²) in [7, 11) is 3.82. The lowest BCUT2D eigenvalue weighted by atomic mass is 10.1. The molecular formula is C22H30N4O2. The van der Waals surface area contributed by atoms with Crippen LogP contribution in [0, 0.1) is 0 Å². The maximum Gasteiger partial charge on any atom is 0.318 e. The summed E-state index contributed by atoms with van der Waals surface area (Å²) in [4.78, 5) is 21.2. The SMILES string of the molecule is COc1ccc(CN(Cc2ccncc2)C(=O)NCCC2CCCN2C)cc1. The van der Waals surface area contributed by atoms with Gasteiger partial charge in [-0.15, -0.1) is 0 Å². The first-order valence-electron chi connectivity index (χ1n) is 9.90. The summed E-state index contributed by atoms with van der Waals surface area (Å²) in [6.07, 6.45) is 6.98. The maximum atomic E-state index is 12.9. The van der Waals surface area contributed by atoms with Crippen molar-refractivity contribution in [2.45, 2.75) is 38.4 Å². The number of nitrogens with zero attached hydrogens (tertiary/aromatic N) is 3. The van der Waals surface area contributed by atoms with Gasteiger partial charge >= 0.3 is 6.03 Å². The van der Waals surface area contributed by atoms with E-state index in [1.807, 2.05) is 41.3 Å². The number of aromatic nitrogens is 1. The van der Waals surface area contributed by atoms with Gasteiger partial charge in [-0.1, -0.05) is 12.1 Å². The van der Waals surface area contributed by atoms with Crippen molar-refractivity contribution < 1.29 is 9.53 Å². The number of methoxy groups -OCH3 is 1. The quantitative estimate of drug-likeness (QED) is 0.761. The van der Waals surface area contributed by atoms with E-state index in [9.17, 15) is 4.79 Å². The number of carbonyl (C=O) groups excluding carboxylic acids is 1. The number of hydrogen-bond acceptors (Lipinski definition) is 4. The Labute approximate surface area is 167 Å². The number of pyridine rings is 1. The zero-order chi connectivity index (χ0) is 19.8. The molecule has 6 heteroatoms. The zero-order valence-electron chi connectivity index (χ0n) is 16.8. The minimum absolute atomic E-state index is 0.0340. The summed E-state index contributed by atoms with van der Waals surface area (Å²) in [6, 6.07) is 12.3. The Morgan fingerprint density at radius 1 is 1.18 bits per heavy atom. The molecule has 150 valence electrons. The van der Waals surface area contributed by atoms with Gasteiger partial charge in [0.2, 0.25) is 0 Å². The second kappa shape index (κ2) is 10.1. The Hall–Kier alpha value is -2.60. The van der Waals surface area contributed by atoms with Crippen molar-refractivity contribution in [2.24, 2.45) is 0 Å². The molecule has 1 aromatic heterocycles. The summed E-state index contributed by atoms with van der Waals surface area (Å²) < 4.78 is 5.22. The predicted octanol–water partition coefficient (Wildman–Crippen LogP) is 3.29. The van der Waals surface area contributed by atoms with Crippen LogP contribution in [0.2, 0.25) is 0 Å². The Balaban J connectivity index is 1.61. The second-order valence-corrected chi connectivity index (χ2v) is 7.36. The van der Waals surface area contributed by atoms with Crippen LogP contribution in [0.15, 0.2) is 48.8 Å². The highest BCUT2D eigenvalue weighted by Gasteiger charge is 2.21. The van der Waals surface area contributed by atoms with Crippen molar-refractivity contribution in [3.63, 3.8) is 0 Å². The average Bonchev–Trinajstić information content (AvgIpc) is 3.13. The van der Waals surface area contributed by atoms with Gasteiger partial charge in [0.1, 0.15) is 5.75 Å².